The molecule has 2 aromatic carbocycles. The van der Waals surface area contributed by atoms with Crippen molar-refractivity contribution < 1.29 is 22.7 Å². The SMILES string of the molecule is CCCCN1C(=O)CCc2cc(NS(=O)(=O)Cc3ccc(OC)c(OC)c3)ccc21. The molecule has 0 atom stereocenters. The molecule has 0 bridgehead atoms. The van der Waals surface area contributed by atoms with Gasteiger partial charge in [0, 0.05) is 24.3 Å². The minimum Gasteiger partial charge on any atom is -0.493 e. The first-order chi connectivity index (χ1) is 14.4. The third-order valence-corrected chi connectivity index (χ3v) is 6.35. The van der Waals surface area contributed by atoms with E-state index in [0.29, 0.717) is 42.1 Å². The van der Waals surface area contributed by atoms with E-state index in [-0.39, 0.29) is 11.7 Å². The lowest BCUT2D eigenvalue weighted by molar-refractivity contribution is -0.118. The van der Waals surface area contributed by atoms with Gasteiger partial charge in [-0.2, -0.15) is 0 Å². The number of carbonyl (C=O) groups is 1. The maximum absolute atomic E-state index is 12.7. The van der Waals surface area contributed by atoms with Gasteiger partial charge in [0.1, 0.15) is 0 Å². The van der Waals surface area contributed by atoms with Crippen molar-refractivity contribution in [2.75, 3.05) is 30.4 Å². The van der Waals surface area contributed by atoms with Crippen LogP contribution in [0.5, 0.6) is 11.5 Å². The summed E-state index contributed by atoms with van der Waals surface area (Å²) in [6, 6.07) is 10.4. The zero-order valence-electron chi connectivity index (χ0n) is 17.6. The summed E-state index contributed by atoms with van der Waals surface area (Å²) in [5, 5.41) is 0. The molecular weight excluding hydrogens is 404 g/mol. The largest absolute Gasteiger partial charge is 0.493 e. The summed E-state index contributed by atoms with van der Waals surface area (Å²) in [5.74, 6) is 0.961. The molecule has 162 valence electrons. The standard InChI is InChI=1S/C22H28N2O5S/c1-4-5-12-24-19-9-8-18(14-17(19)7-11-22(24)25)23-30(26,27)15-16-6-10-20(28-2)21(13-16)29-3/h6,8-10,13-14,23H,4-5,7,11-12,15H2,1-3H3. The number of nitrogens with one attached hydrogen (secondary N) is 1. The monoisotopic (exact) mass is 432 g/mol. The summed E-state index contributed by atoms with van der Waals surface area (Å²) in [7, 11) is -0.584. The van der Waals surface area contributed by atoms with Crippen molar-refractivity contribution in [2.45, 2.75) is 38.4 Å². The van der Waals surface area contributed by atoms with E-state index in [9.17, 15) is 13.2 Å². The Morgan fingerprint density at radius 2 is 1.80 bits per heavy atom. The molecule has 0 spiro atoms. The third kappa shape index (κ3) is 5.05. The van der Waals surface area contributed by atoms with Crippen LogP contribution < -0.4 is 19.1 Å². The summed E-state index contributed by atoms with van der Waals surface area (Å²) in [6.45, 7) is 2.78. The Morgan fingerprint density at radius 3 is 2.50 bits per heavy atom. The van der Waals surface area contributed by atoms with Gasteiger partial charge in [-0.25, -0.2) is 8.42 Å². The normalized spacial score (nSPS) is 13.7. The summed E-state index contributed by atoms with van der Waals surface area (Å²) in [6.07, 6.45) is 3.00. The predicted molar refractivity (Wildman–Crippen MR) is 118 cm³/mol. The number of hydrogen-bond acceptors (Lipinski definition) is 5. The topological polar surface area (TPSA) is 84.9 Å². The lowest BCUT2D eigenvalue weighted by Crippen LogP contribution is -2.35. The molecule has 0 aromatic heterocycles. The van der Waals surface area contributed by atoms with E-state index in [0.717, 1.165) is 24.1 Å². The number of nitrogens with zero attached hydrogens (tertiary/aromatic N) is 1. The third-order valence-electron chi connectivity index (χ3n) is 5.09. The maximum atomic E-state index is 12.7. The number of methoxy groups -OCH3 is 2. The average Bonchev–Trinajstić information content (AvgIpc) is 2.72. The van der Waals surface area contributed by atoms with Gasteiger partial charge in [0.2, 0.25) is 15.9 Å². The van der Waals surface area contributed by atoms with Crippen molar-refractivity contribution in [1.29, 1.82) is 0 Å². The fourth-order valence-corrected chi connectivity index (χ4v) is 4.77. The van der Waals surface area contributed by atoms with E-state index in [4.69, 9.17) is 9.47 Å². The van der Waals surface area contributed by atoms with Gasteiger partial charge in [-0.15, -0.1) is 0 Å². The van der Waals surface area contributed by atoms with Gasteiger partial charge in [-0.3, -0.25) is 9.52 Å². The first-order valence-electron chi connectivity index (χ1n) is 10.0. The van der Waals surface area contributed by atoms with Crippen molar-refractivity contribution >= 4 is 27.3 Å². The molecule has 0 fully saturated rings. The van der Waals surface area contributed by atoms with Crippen LogP contribution in [-0.2, 0) is 27.0 Å². The molecule has 30 heavy (non-hydrogen) atoms. The minimum atomic E-state index is -3.62. The highest BCUT2D eigenvalue weighted by atomic mass is 32.2. The Hall–Kier alpha value is -2.74. The van der Waals surface area contributed by atoms with Crippen LogP contribution in [0.1, 0.15) is 37.3 Å². The zero-order chi connectivity index (χ0) is 21.7. The Kier molecular flexibility index (Phi) is 6.87. The number of ether oxygens (including phenoxy) is 2. The van der Waals surface area contributed by atoms with Gasteiger partial charge < -0.3 is 14.4 Å². The molecule has 7 nitrogen and oxygen atoms in total. The molecule has 0 saturated carbocycles. The van der Waals surface area contributed by atoms with Crippen molar-refractivity contribution in [3.05, 3.63) is 47.5 Å². The molecule has 0 aliphatic carbocycles. The van der Waals surface area contributed by atoms with Gasteiger partial charge in [0.15, 0.2) is 11.5 Å². The van der Waals surface area contributed by atoms with Gasteiger partial charge in [-0.1, -0.05) is 19.4 Å². The number of amides is 1. The maximum Gasteiger partial charge on any atom is 0.236 e. The Bertz CT molecular complexity index is 1020. The van der Waals surface area contributed by atoms with Crippen LogP contribution in [0.3, 0.4) is 0 Å². The lowest BCUT2D eigenvalue weighted by Gasteiger charge is -2.29. The second kappa shape index (κ2) is 9.38. The second-order valence-electron chi connectivity index (χ2n) is 7.29. The molecule has 8 heteroatoms. The van der Waals surface area contributed by atoms with E-state index >= 15 is 0 Å². The molecule has 2 aromatic rings. The van der Waals surface area contributed by atoms with Crippen LogP contribution in [0, 0.1) is 0 Å². The molecule has 1 N–H and O–H groups in total. The van der Waals surface area contributed by atoms with Gasteiger partial charge >= 0.3 is 0 Å². The fourth-order valence-electron chi connectivity index (χ4n) is 3.59. The van der Waals surface area contributed by atoms with Crippen LogP contribution in [0.4, 0.5) is 11.4 Å². The predicted octanol–water partition coefficient (Wildman–Crippen LogP) is 3.73. The quantitative estimate of drug-likeness (QED) is 0.653. The van der Waals surface area contributed by atoms with Crippen molar-refractivity contribution in [2.24, 2.45) is 0 Å². The van der Waals surface area contributed by atoms with E-state index < -0.39 is 10.0 Å². The molecular formula is C22H28N2O5S. The van der Waals surface area contributed by atoms with Crippen LogP contribution >= 0.6 is 0 Å². The Labute approximate surface area is 178 Å². The number of benzene rings is 2. The number of hydrogen-bond donors (Lipinski definition) is 1. The minimum absolute atomic E-state index is 0.123. The molecule has 1 heterocycles. The van der Waals surface area contributed by atoms with E-state index in [1.807, 2.05) is 17.0 Å². The summed E-state index contributed by atoms with van der Waals surface area (Å²) >= 11 is 0. The highest BCUT2D eigenvalue weighted by Gasteiger charge is 2.24. The van der Waals surface area contributed by atoms with E-state index in [2.05, 4.69) is 11.6 Å². The van der Waals surface area contributed by atoms with E-state index in [1.54, 1.807) is 24.3 Å². The van der Waals surface area contributed by atoms with Crippen LogP contribution in [0.25, 0.3) is 0 Å². The molecule has 1 aliphatic rings. The van der Waals surface area contributed by atoms with Gasteiger partial charge in [0.25, 0.3) is 0 Å². The smallest absolute Gasteiger partial charge is 0.236 e. The number of anilines is 2. The molecule has 0 saturated heterocycles. The number of sulfonamides is 1. The van der Waals surface area contributed by atoms with Crippen LogP contribution in [-0.4, -0.2) is 35.1 Å². The lowest BCUT2D eigenvalue weighted by atomic mass is 10.00. The van der Waals surface area contributed by atoms with Gasteiger partial charge in [0.05, 0.1) is 20.0 Å². The summed E-state index contributed by atoms with van der Waals surface area (Å²) < 4.78 is 38.5. The number of aryl methyl sites for hydroxylation is 1. The van der Waals surface area contributed by atoms with Crippen molar-refractivity contribution in [3.63, 3.8) is 0 Å². The molecule has 0 radical (unpaired) electrons. The first-order valence-corrected chi connectivity index (χ1v) is 11.7. The van der Waals surface area contributed by atoms with Crippen LogP contribution in [0.2, 0.25) is 0 Å². The molecule has 1 amide bonds. The Morgan fingerprint density at radius 1 is 1.03 bits per heavy atom. The number of fused-ring (bicyclic) bond motifs is 1. The average molecular weight is 433 g/mol. The highest BCUT2D eigenvalue weighted by Crippen LogP contribution is 2.32. The van der Waals surface area contributed by atoms with Crippen molar-refractivity contribution in [3.8, 4) is 11.5 Å². The Balaban J connectivity index is 1.77. The van der Waals surface area contributed by atoms with Crippen LogP contribution in [0.15, 0.2) is 36.4 Å². The highest BCUT2D eigenvalue weighted by molar-refractivity contribution is 7.91. The summed E-state index contributed by atoms with van der Waals surface area (Å²) in [4.78, 5) is 14.1. The summed E-state index contributed by atoms with van der Waals surface area (Å²) in [5.41, 5.74) is 2.95. The van der Waals surface area contributed by atoms with Gasteiger partial charge in [-0.05, 0) is 54.3 Å². The van der Waals surface area contributed by atoms with Crippen molar-refractivity contribution in [1.82, 2.24) is 0 Å². The second-order valence-corrected chi connectivity index (χ2v) is 9.02. The number of unbranched alkanes of at least 4 members (excludes halogenated alkanes) is 1. The first kappa shape index (κ1) is 22.0. The van der Waals surface area contributed by atoms with E-state index in [1.165, 1.54) is 14.2 Å². The number of carbonyl (C=O) groups excluding carboxylic acids is 1. The number of rotatable bonds is 9. The molecule has 0 unspecified atom stereocenters. The molecule has 3 rings (SSSR count). The fraction of sp³-hybridized carbons (Fsp3) is 0.409. The zero-order valence-corrected chi connectivity index (χ0v) is 18.4. The molecule has 1 aliphatic heterocycles.